The molecule has 1 heterocycles. The summed E-state index contributed by atoms with van der Waals surface area (Å²) >= 11 is 0. The lowest BCUT2D eigenvalue weighted by molar-refractivity contribution is 0.0940. The number of hydrogen-bond donors (Lipinski definition) is 3. The van der Waals surface area contributed by atoms with Crippen LogP contribution >= 0.6 is 0 Å². The van der Waals surface area contributed by atoms with Crippen LogP contribution in [0.25, 0.3) is 0 Å². The van der Waals surface area contributed by atoms with Crippen LogP contribution in [-0.4, -0.2) is 42.8 Å². The van der Waals surface area contributed by atoms with Crippen molar-refractivity contribution < 1.29 is 19.1 Å². The number of methoxy groups -OCH3 is 2. The lowest BCUT2D eigenvalue weighted by Crippen LogP contribution is -2.36. The fraction of sp³-hybridized carbons (Fsp3) is 0.292. The van der Waals surface area contributed by atoms with E-state index in [1.54, 1.807) is 31.4 Å². The molecule has 168 valence electrons. The zero-order valence-electron chi connectivity index (χ0n) is 18.9. The lowest BCUT2D eigenvalue weighted by Gasteiger charge is -2.25. The van der Waals surface area contributed by atoms with Gasteiger partial charge in [-0.05, 0) is 48.9 Å². The van der Waals surface area contributed by atoms with Gasteiger partial charge in [0, 0.05) is 28.9 Å². The highest BCUT2D eigenvalue weighted by molar-refractivity contribution is 6.04. The van der Waals surface area contributed by atoms with Crippen molar-refractivity contribution in [1.29, 1.82) is 0 Å². The van der Waals surface area contributed by atoms with Crippen molar-refractivity contribution in [3.63, 3.8) is 0 Å². The molecule has 2 aromatic carbocycles. The van der Waals surface area contributed by atoms with E-state index in [9.17, 15) is 9.59 Å². The molecule has 0 aliphatic rings. The summed E-state index contributed by atoms with van der Waals surface area (Å²) in [4.78, 5) is 24.9. The van der Waals surface area contributed by atoms with E-state index < -0.39 is 0 Å². The smallest absolute Gasteiger partial charge is 0.271 e. The molecule has 0 aliphatic heterocycles. The Morgan fingerprint density at radius 1 is 0.969 bits per heavy atom. The summed E-state index contributed by atoms with van der Waals surface area (Å²) in [6.07, 6.45) is 0. The molecule has 0 saturated carbocycles. The van der Waals surface area contributed by atoms with E-state index >= 15 is 0 Å². The minimum atomic E-state index is -0.313. The molecule has 3 N–H and O–H groups in total. The second-order valence-electron chi connectivity index (χ2n) is 8.10. The first-order chi connectivity index (χ1) is 15.2. The molecule has 0 unspecified atom stereocenters. The number of anilines is 1. The summed E-state index contributed by atoms with van der Waals surface area (Å²) in [5.74, 6) is 0.579. The SMILES string of the molecule is COc1ccc(C(=O)Nc2ccc(C(C)(C)CNC(=O)c3cc(C)[nH]n3)cc2)cc1OC. The number of ether oxygens (including phenoxy) is 2. The Kier molecular flexibility index (Phi) is 6.82. The summed E-state index contributed by atoms with van der Waals surface area (Å²) in [6, 6.07) is 14.3. The summed E-state index contributed by atoms with van der Waals surface area (Å²) in [6.45, 7) is 6.37. The number of H-pyrrole nitrogens is 1. The highest BCUT2D eigenvalue weighted by Gasteiger charge is 2.22. The van der Waals surface area contributed by atoms with Crippen molar-refractivity contribution in [2.75, 3.05) is 26.1 Å². The number of amides is 2. The van der Waals surface area contributed by atoms with Crippen molar-refractivity contribution in [1.82, 2.24) is 15.5 Å². The van der Waals surface area contributed by atoms with Crippen LogP contribution in [0.4, 0.5) is 5.69 Å². The number of hydrogen-bond acceptors (Lipinski definition) is 5. The Labute approximate surface area is 187 Å². The fourth-order valence-electron chi connectivity index (χ4n) is 3.21. The van der Waals surface area contributed by atoms with Gasteiger partial charge in [0.25, 0.3) is 11.8 Å². The third kappa shape index (κ3) is 5.26. The van der Waals surface area contributed by atoms with E-state index in [1.807, 2.05) is 45.0 Å². The number of carbonyl (C=O) groups excluding carboxylic acids is 2. The first-order valence-corrected chi connectivity index (χ1v) is 10.2. The number of aromatic nitrogens is 2. The molecule has 3 aromatic rings. The first kappa shape index (κ1) is 22.9. The number of aryl methyl sites for hydroxylation is 1. The average molecular weight is 437 g/mol. The van der Waals surface area contributed by atoms with Crippen LogP contribution in [0.2, 0.25) is 0 Å². The maximum Gasteiger partial charge on any atom is 0.271 e. The van der Waals surface area contributed by atoms with Gasteiger partial charge in [-0.1, -0.05) is 26.0 Å². The highest BCUT2D eigenvalue weighted by Crippen LogP contribution is 2.28. The van der Waals surface area contributed by atoms with Gasteiger partial charge in [0.05, 0.1) is 14.2 Å². The molecular weight excluding hydrogens is 408 g/mol. The summed E-state index contributed by atoms with van der Waals surface area (Å²) in [5.41, 5.74) is 3.04. The van der Waals surface area contributed by atoms with Crippen LogP contribution in [0.3, 0.4) is 0 Å². The van der Waals surface area contributed by atoms with Crippen LogP contribution in [0.5, 0.6) is 11.5 Å². The van der Waals surface area contributed by atoms with Gasteiger partial charge in [-0.15, -0.1) is 0 Å². The van der Waals surface area contributed by atoms with Crippen LogP contribution in [0, 0.1) is 6.92 Å². The average Bonchev–Trinajstić information content (AvgIpc) is 3.23. The molecule has 0 bridgehead atoms. The number of rotatable bonds is 8. The Hall–Kier alpha value is -3.81. The molecule has 0 aliphatic carbocycles. The van der Waals surface area contributed by atoms with Gasteiger partial charge in [-0.3, -0.25) is 14.7 Å². The molecule has 3 rings (SSSR count). The second kappa shape index (κ2) is 9.55. The molecular formula is C24H28N4O4. The van der Waals surface area contributed by atoms with Crippen LogP contribution in [0.1, 0.15) is 46.0 Å². The summed E-state index contributed by atoms with van der Waals surface area (Å²) in [7, 11) is 3.07. The van der Waals surface area contributed by atoms with Crippen molar-refractivity contribution in [2.24, 2.45) is 0 Å². The van der Waals surface area contributed by atoms with E-state index in [0.29, 0.717) is 35.0 Å². The Morgan fingerprint density at radius 2 is 1.66 bits per heavy atom. The standard InChI is InChI=1S/C24H28N4O4/c1-15-12-19(28-27-15)23(30)25-14-24(2,3)17-7-9-18(10-8-17)26-22(29)16-6-11-20(31-4)21(13-16)32-5/h6-13H,14H2,1-5H3,(H,25,30)(H,26,29)(H,27,28). The third-order valence-corrected chi connectivity index (χ3v) is 5.20. The minimum Gasteiger partial charge on any atom is -0.493 e. The fourth-order valence-corrected chi connectivity index (χ4v) is 3.21. The molecule has 0 radical (unpaired) electrons. The van der Waals surface area contributed by atoms with E-state index in [2.05, 4.69) is 20.8 Å². The zero-order valence-corrected chi connectivity index (χ0v) is 18.9. The van der Waals surface area contributed by atoms with Gasteiger partial charge < -0.3 is 20.1 Å². The molecule has 0 saturated heterocycles. The zero-order chi connectivity index (χ0) is 23.3. The summed E-state index contributed by atoms with van der Waals surface area (Å²) in [5, 5.41) is 12.6. The van der Waals surface area contributed by atoms with Gasteiger partial charge in [-0.25, -0.2) is 0 Å². The summed E-state index contributed by atoms with van der Waals surface area (Å²) < 4.78 is 10.5. The molecule has 32 heavy (non-hydrogen) atoms. The van der Waals surface area contributed by atoms with Crippen LogP contribution in [0.15, 0.2) is 48.5 Å². The van der Waals surface area contributed by atoms with E-state index in [0.717, 1.165) is 11.3 Å². The number of nitrogens with one attached hydrogen (secondary N) is 3. The van der Waals surface area contributed by atoms with Crippen molar-refractivity contribution in [2.45, 2.75) is 26.2 Å². The molecule has 8 heteroatoms. The van der Waals surface area contributed by atoms with Gasteiger partial charge in [0.1, 0.15) is 5.69 Å². The van der Waals surface area contributed by atoms with Gasteiger partial charge >= 0.3 is 0 Å². The normalized spacial score (nSPS) is 11.0. The van der Waals surface area contributed by atoms with Crippen molar-refractivity contribution in [3.8, 4) is 11.5 Å². The van der Waals surface area contributed by atoms with Gasteiger partial charge in [0.15, 0.2) is 11.5 Å². The first-order valence-electron chi connectivity index (χ1n) is 10.2. The predicted molar refractivity (Wildman–Crippen MR) is 123 cm³/mol. The van der Waals surface area contributed by atoms with E-state index in [1.165, 1.54) is 7.11 Å². The molecule has 0 fully saturated rings. The van der Waals surface area contributed by atoms with Crippen LogP contribution < -0.4 is 20.1 Å². The maximum atomic E-state index is 12.6. The molecule has 0 atom stereocenters. The third-order valence-electron chi connectivity index (χ3n) is 5.20. The topological polar surface area (TPSA) is 105 Å². The minimum absolute atomic E-state index is 0.221. The van der Waals surface area contributed by atoms with Crippen molar-refractivity contribution >= 4 is 17.5 Å². The van der Waals surface area contributed by atoms with Crippen LogP contribution in [-0.2, 0) is 5.41 Å². The van der Waals surface area contributed by atoms with Gasteiger partial charge in [-0.2, -0.15) is 5.10 Å². The number of nitrogens with zero attached hydrogens (tertiary/aromatic N) is 1. The Morgan fingerprint density at radius 3 is 2.25 bits per heavy atom. The molecule has 0 spiro atoms. The van der Waals surface area contributed by atoms with Crippen molar-refractivity contribution in [3.05, 3.63) is 71.0 Å². The maximum absolute atomic E-state index is 12.6. The predicted octanol–water partition coefficient (Wildman–Crippen LogP) is 3.70. The monoisotopic (exact) mass is 436 g/mol. The Balaban J connectivity index is 1.63. The molecule has 1 aromatic heterocycles. The largest absolute Gasteiger partial charge is 0.493 e. The van der Waals surface area contributed by atoms with E-state index in [4.69, 9.17) is 9.47 Å². The lowest BCUT2D eigenvalue weighted by atomic mass is 9.84. The molecule has 8 nitrogen and oxygen atoms in total. The van der Waals surface area contributed by atoms with E-state index in [-0.39, 0.29) is 17.2 Å². The number of benzene rings is 2. The Bertz CT molecular complexity index is 1100. The quantitative estimate of drug-likeness (QED) is 0.499. The molecule has 2 amide bonds. The highest BCUT2D eigenvalue weighted by atomic mass is 16.5. The number of aromatic amines is 1. The second-order valence-corrected chi connectivity index (χ2v) is 8.10. The number of carbonyl (C=O) groups is 2. The van der Waals surface area contributed by atoms with Gasteiger partial charge in [0.2, 0.25) is 0 Å².